The molecule has 0 aliphatic rings. The molecule has 0 saturated carbocycles. The van der Waals surface area contributed by atoms with Crippen LogP contribution in [0, 0.1) is 13.8 Å². The third-order valence-electron chi connectivity index (χ3n) is 3.11. The monoisotopic (exact) mass is 304 g/mol. The molecule has 0 aliphatic heterocycles. The maximum atomic E-state index is 12.6. The van der Waals surface area contributed by atoms with E-state index in [-0.39, 0.29) is 17.1 Å². The molecule has 0 unspecified atom stereocenters. The average Bonchev–Trinajstić information content (AvgIpc) is 2.55. The molecule has 7 heteroatoms. The fourth-order valence-electron chi connectivity index (χ4n) is 1.88. The van der Waals surface area contributed by atoms with Gasteiger partial charge in [0.05, 0.1) is 17.1 Å². The number of aromatic nitrogens is 2. The van der Waals surface area contributed by atoms with Crippen molar-refractivity contribution in [3.8, 4) is 0 Å². The number of nitrogens with one attached hydrogen (secondary N) is 1. The van der Waals surface area contributed by atoms with Crippen molar-refractivity contribution in [1.82, 2.24) is 9.78 Å². The van der Waals surface area contributed by atoms with Gasteiger partial charge in [-0.1, -0.05) is 17.7 Å². The first kappa shape index (κ1) is 14.7. The van der Waals surface area contributed by atoms with Crippen LogP contribution in [0.5, 0.6) is 0 Å². The summed E-state index contributed by atoms with van der Waals surface area (Å²) in [5.41, 5.74) is 0.759. The summed E-state index contributed by atoms with van der Waals surface area (Å²) in [6.07, 6.45) is -4.48. The van der Waals surface area contributed by atoms with Crippen LogP contribution in [-0.4, -0.2) is 9.78 Å². The minimum absolute atomic E-state index is 0.144. The highest BCUT2D eigenvalue weighted by molar-refractivity contribution is 6.31. The van der Waals surface area contributed by atoms with Crippen molar-refractivity contribution >= 4 is 11.6 Å². The van der Waals surface area contributed by atoms with E-state index in [1.807, 2.05) is 0 Å². The Balaban J connectivity index is 2.34. The van der Waals surface area contributed by atoms with Crippen LogP contribution in [0.15, 0.2) is 23.0 Å². The third kappa shape index (κ3) is 2.75. The Bertz CT molecular complexity index is 701. The van der Waals surface area contributed by atoms with Gasteiger partial charge in [-0.3, -0.25) is 9.89 Å². The molecule has 2 rings (SSSR count). The standard InChI is InChI=1S/C13H12ClF3N2O/c1-7-8(2)18-19(12(7)20)6-9-3-4-10(11(14)5-9)13(15,16)17/h3-5,18H,6H2,1-2H3. The number of alkyl halides is 3. The van der Waals surface area contributed by atoms with Gasteiger partial charge in [0.15, 0.2) is 0 Å². The van der Waals surface area contributed by atoms with E-state index in [4.69, 9.17) is 11.6 Å². The molecule has 0 saturated heterocycles. The van der Waals surface area contributed by atoms with Crippen molar-refractivity contribution in [2.24, 2.45) is 0 Å². The highest BCUT2D eigenvalue weighted by Gasteiger charge is 2.33. The lowest BCUT2D eigenvalue weighted by molar-refractivity contribution is -0.137. The molecule has 1 heterocycles. The quantitative estimate of drug-likeness (QED) is 0.906. The topological polar surface area (TPSA) is 37.8 Å². The highest BCUT2D eigenvalue weighted by atomic mass is 35.5. The number of aryl methyl sites for hydroxylation is 1. The molecule has 0 bridgehead atoms. The second-order valence-corrected chi connectivity index (χ2v) is 4.97. The molecule has 1 aromatic heterocycles. The first-order valence-electron chi connectivity index (χ1n) is 5.82. The van der Waals surface area contributed by atoms with E-state index < -0.39 is 11.7 Å². The lowest BCUT2D eigenvalue weighted by Crippen LogP contribution is -2.18. The highest BCUT2D eigenvalue weighted by Crippen LogP contribution is 2.34. The second kappa shape index (κ2) is 5.01. The summed E-state index contributed by atoms with van der Waals surface area (Å²) in [4.78, 5) is 11.8. The van der Waals surface area contributed by atoms with Gasteiger partial charge < -0.3 is 0 Å². The smallest absolute Gasteiger partial charge is 0.299 e. The van der Waals surface area contributed by atoms with E-state index in [0.29, 0.717) is 11.1 Å². The van der Waals surface area contributed by atoms with Crippen LogP contribution in [0.2, 0.25) is 5.02 Å². The lowest BCUT2D eigenvalue weighted by Gasteiger charge is -2.10. The van der Waals surface area contributed by atoms with Gasteiger partial charge in [-0.25, -0.2) is 4.68 Å². The Morgan fingerprint density at radius 2 is 1.95 bits per heavy atom. The van der Waals surface area contributed by atoms with Crippen molar-refractivity contribution in [3.05, 3.63) is 56.0 Å². The van der Waals surface area contributed by atoms with Crippen LogP contribution in [-0.2, 0) is 12.7 Å². The lowest BCUT2D eigenvalue weighted by atomic mass is 10.1. The summed E-state index contributed by atoms with van der Waals surface area (Å²) in [6.45, 7) is 3.59. The molecule has 20 heavy (non-hydrogen) atoms. The summed E-state index contributed by atoms with van der Waals surface area (Å²) in [7, 11) is 0. The van der Waals surface area contributed by atoms with Crippen molar-refractivity contribution in [3.63, 3.8) is 0 Å². The molecule has 0 amide bonds. The van der Waals surface area contributed by atoms with E-state index in [2.05, 4.69) is 5.10 Å². The first-order chi connectivity index (χ1) is 9.20. The zero-order valence-corrected chi connectivity index (χ0v) is 11.6. The molecular weight excluding hydrogens is 293 g/mol. The van der Waals surface area contributed by atoms with Crippen molar-refractivity contribution in [1.29, 1.82) is 0 Å². The number of rotatable bonds is 2. The molecule has 0 aliphatic carbocycles. The van der Waals surface area contributed by atoms with Crippen LogP contribution < -0.4 is 5.56 Å². The zero-order chi connectivity index (χ0) is 15.1. The molecule has 0 atom stereocenters. The third-order valence-corrected chi connectivity index (χ3v) is 3.42. The van der Waals surface area contributed by atoms with Gasteiger partial charge in [-0.05, 0) is 31.5 Å². The maximum absolute atomic E-state index is 12.6. The van der Waals surface area contributed by atoms with Crippen LogP contribution >= 0.6 is 11.6 Å². The molecule has 1 N–H and O–H groups in total. The molecule has 0 fully saturated rings. The minimum Gasteiger partial charge on any atom is -0.299 e. The number of hydrogen-bond acceptors (Lipinski definition) is 1. The fourth-order valence-corrected chi connectivity index (χ4v) is 2.19. The van der Waals surface area contributed by atoms with Gasteiger partial charge >= 0.3 is 6.18 Å². The number of benzene rings is 1. The van der Waals surface area contributed by atoms with Crippen LogP contribution in [0.3, 0.4) is 0 Å². The summed E-state index contributed by atoms with van der Waals surface area (Å²) >= 11 is 5.64. The van der Waals surface area contributed by atoms with E-state index in [0.717, 1.165) is 11.8 Å². The number of nitrogens with zero attached hydrogens (tertiary/aromatic N) is 1. The molecular formula is C13H12ClF3N2O. The van der Waals surface area contributed by atoms with E-state index >= 15 is 0 Å². The molecule has 1 aromatic carbocycles. The first-order valence-corrected chi connectivity index (χ1v) is 6.19. The molecule has 108 valence electrons. The maximum Gasteiger partial charge on any atom is 0.417 e. The number of halogens is 4. The van der Waals surface area contributed by atoms with E-state index in [1.165, 1.54) is 16.8 Å². The second-order valence-electron chi connectivity index (χ2n) is 4.57. The number of aromatic amines is 1. The van der Waals surface area contributed by atoms with Crippen molar-refractivity contribution < 1.29 is 13.2 Å². The Labute approximate surface area is 118 Å². The SMILES string of the molecule is Cc1[nH]n(Cc2ccc(C(F)(F)F)c(Cl)c2)c(=O)c1C. The predicted molar refractivity (Wildman–Crippen MR) is 70.1 cm³/mol. The molecule has 3 nitrogen and oxygen atoms in total. The predicted octanol–water partition coefficient (Wildman–Crippen LogP) is 3.51. The van der Waals surface area contributed by atoms with Crippen molar-refractivity contribution in [2.75, 3.05) is 0 Å². The molecule has 0 radical (unpaired) electrons. The summed E-state index contributed by atoms with van der Waals surface area (Å²) in [5, 5.41) is 2.49. The zero-order valence-electron chi connectivity index (χ0n) is 10.8. The normalized spacial score (nSPS) is 11.9. The summed E-state index contributed by atoms with van der Waals surface area (Å²) in [5.74, 6) is 0. The van der Waals surface area contributed by atoms with Gasteiger partial charge in [0, 0.05) is 11.3 Å². The van der Waals surface area contributed by atoms with Crippen molar-refractivity contribution in [2.45, 2.75) is 26.6 Å². The van der Waals surface area contributed by atoms with Gasteiger partial charge in [0.1, 0.15) is 0 Å². The fraction of sp³-hybridized carbons (Fsp3) is 0.308. The Hall–Kier alpha value is -1.69. The van der Waals surface area contributed by atoms with E-state index in [1.54, 1.807) is 13.8 Å². The van der Waals surface area contributed by atoms with Crippen LogP contribution in [0.1, 0.15) is 22.4 Å². The summed E-state index contributed by atoms with van der Waals surface area (Å²) < 4.78 is 39.1. The summed E-state index contributed by atoms with van der Waals surface area (Å²) in [6, 6.07) is 3.46. The van der Waals surface area contributed by atoms with Crippen LogP contribution in [0.4, 0.5) is 13.2 Å². The Morgan fingerprint density at radius 3 is 2.40 bits per heavy atom. The van der Waals surface area contributed by atoms with Gasteiger partial charge in [0.2, 0.25) is 0 Å². The molecule has 0 spiro atoms. The van der Waals surface area contributed by atoms with E-state index in [9.17, 15) is 18.0 Å². The number of H-pyrrole nitrogens is 1. The van der Waals surface area contributed by atoms with Gasteiger partial charge in [0.25, 0.3) is 5.56 Å². The minimum atomic E-state index is -4.48. The average molecular weight is 305 g/mol. The van der Waals surface area contributed by atoms with Gasteiger partial charge in [-0.2, -0.15) is 13.2 Å². The molecule has 2 aromatic rings. The number of hydrogen-bond donors (Lipinski definition) is 1. The van der Waals surface area contributed by atoms with Crippen LogP contribution in [0.25, 0.3) is 0 Å². The Morgan fingerprint density at radius 1 is 1.30 bits per heavy atom. The largest absolute Gasteiger partial charge is 0.417 e. The Kier molecular flexibility index (Phi) is 3.69. The van der Waals surface area contributed by atoms with Gasteiger partial charge in [-0.15, -0.1) is 0 Å².